The van der Waals surface area contributed by atoms with Gasteiger partial charge >= 0.3 is 11.8 Å². The van der Waals surface area contributed by atoms with Crippen LogP contribution in [-0.4, -0.2) is 23.0 Å². The number of nitro benzene ring substituents is 1. The number of hydrazone groups is 1. The number of halogens is 1. The molecule has 0 saturated carbocycles. The highest BCUT2D eigenvalue weighted by atomic mass is 35.5. The van der Waals surface area contributed by atoms with E-state index in [1.807, 2.05) is 0 Å². The van der Waals surface area contributed by atoms with E-state index in [9.17, 15) is 19.7 Å². The van der Waals surface area contributed by atoms with Crippen molar-refractivity contribution < 1.29 is 14.5 Å². The second kappa shape index (κ2) is 8.55. The largest absolute Gasteiger partial charge is 0.344 e. The number of rotatable bonds is 5. The molecule has 2 amide bonds. The zero-order chi connectivity index (χ0) is 18.2. The summed E-state index contributed by atoms with van der Waals surface area (Å²) in [6.07, 6.45) is 1.27. The van der Waals surface area contributed by atoms with Crippen molar-refractivity contribution >= 4 is 35.3 Å². The Labute approximate surface area is 147 Å². The zero-order valence-corrected chi connectivity index (χ0v) is 13.6. The lowest BCUT2D eigenvalue weighted by Crippen LogP contribution is -2.37. The second-order valence-electron chi connectivity index (χ2n) is 4.86. The average Bonchev–Trinajstić information content (AvgIpc) is 2.61. The minimum atomic E-state index is -0.924. The molecule has 2 aromatic rings. The van der Waals surface area contributed by atoms with Gasteiger partial charge in [0.1, 0.15) is 0 Å². The lowest BCUT2D eigenvalue weighted by Gasteiger charge is -2.04. The van der Waals surface area contributed by atoms with Gasteiger partial charge in [-0.25, -0.2) is 5.43 Å². The first-order chi connectivity index (χ1) is 12.0. The molecule has 128 valence electrons. The second-order valence-corrected chi connectivity index (χ2v) is 5.29. The first-order valence-corrected chi connectivity index (χ1v) is 7.43. The number of carbonyl (C=O) groups excluding carboxylic acids is 2. The molecule has 0 atom stereocenters. The van der Waals surface area contributed by atoms with E-state index in [4.69, 9.17) is 11.6 Å². The molecule has 8 nitrogen and oxygen atoms in total. The molecule has 0 aromatic heterocycles. The fourth-order valence-corrected chi connectivity index (χ4v) is 1.89. The summed E-state index contributed by atoms with van der Waals surface area (Å²) in [4.78, 5) is 33.3. The van der Waals surface area contributed by atoms with Crippen molar-refractivity contribution in [1.82, 2.24) is 10.7 Å². The van der Waals surface area contributed by atoms with Gasteiger partial charge in [-0.3, -0.25) is 19.7 Å². The average molecular weight is 361 g/mol. The van der Waals surface area contributed by atoms with Crippen LogP contribution in [0.2, 0.25) is 5.02 Å². The molecule has 0 radical (unpaired) electrons. The zero-order valence-electron chi connectivity index (χ0n) is 12.8. The number of nitrogens with one attached hydrogen (secondary N) is 2. The van der Waals surface area contributed by atoms with Gasteiger partial charge in [0, 0.05) is 23.7 Å². The van der Waals surface area contributed by atoms with Crippen molar-refractivity contribution in [2.75, 3.05) is 0 Å². The minimum absolute atomic E-state index is 0.0530. The van der Waals surface area contributed by atoms with Crippen molar-refractivity contribution in [3.8, 4) is 0 Å². The van der Waals surface area contributed by atoms with E-state index in [0.29, 0.717) is 10.6 Å². The monoisotopic (exact) mass is 360 g/mol. The Bertz CT molecular complexity index is 804. The SMILES string of the molecule is O=C(NCc1ccc(Cl)cc1)C(=O)NN=Cc1ccc([N+](=O)[O-])cc1. The molecule has 0 aliphatic heterocycles. The number of non-ortho nitro benzene ring substituents is 1. The normalized spacial score (nSPS) is 10.4. The summed E-state index contributed by atoms with van der Waals surface area (Å²) < 4.78 is 0. The number of amides is 2. The van der Waals surface area contributed by atoms with Crippen LogP contribution in [0, 0.1) is 10.1 Å². The van der Waals surface area contributed by atoms with Crippen molar-refractivity contribution in [3.05, 3.63) is 74.8 Å². The van der Waals surface area contributed by atoms with Crippen LogP contribution in [0.4, 0.5) is 5.69 Å². The van der Waals surface area contributed by atoms with Gasteiger partial charge in [-0.2, -0.15) is 5.10 Å². The smallest absolute Gasteiger partial charge is 0.329 e. The van der Waals surface area contributed by atoms with Gasteiger partial charge in [0.15, 0.2) is 0 Å². The molecule has 0 heterocycles. The summed E-state index contributed by atoms with van der Waals surface area (Å²) in [7, 11) is 0. The topological polar surface area (TPSA) is 114 Å². The van der Waals surface area contributed by atoms with Crippen molar-refractivity contribution in [2.24, 2.45) is 5.10 Å². The van der Waals surface area contributed by atoms with Crippen LogP contribution in [0.1, 0.15) is 11.1 Å². The molecule has 9 heteroatoms. The van der Waals surface area contributed by atoms with Crippen LogP contribution in [0.3, 0.4) is 0 Å². The van der Waals surface area contributed by atoms with Gasteiger partial charge in [0.25, 0.3) is 5.69 Å². The number of hydrogen-bond donors (Lipinski definition) is 2. The Morgan fingerprint density at radius 2 is 1.72 bits per heavy atom. The van der Waals surface area contributed by atoms with E-state index in [2.05, 4.69) is 15.8 Å². The maximum Gasteiger partial charge on any atom is 0.329 e. The Balaban J connectivity index is 1.81. The molecule has 0 saturated heterocycles. The summed E-state index contributed by atoms with van der Waals surface area (Å²) in [6, 6.07) is 12.4. The molecular weight excluding hydrogens is 348 g/mol. The molecular formula is C16H13ClN4O4. The van der Waals surface area contributed by atoms with Gasteiger partial charge in [-0.1, -0.05) is 23.7 Å². The maximum absolute atomic E-state index is 11.6. The molecule has 2 aromatic carbocycles. The fourth-order valence-electron chi connectivity index (χ4n) is 1.76. The summed E-state index contributed by atoms with van der Waals surface area (Å²) in [6.45, 7) is 0.176. The van der Waals surface area contributed by atoms with Gasteiger partial charge in [0.05, 0.1) is 11.1 Å². The summed E-state index contributed by atoms with van der Waals surface area (Å²) in [5.41, 5.74) is 3.35. The summed E-state index contributed by atoms with van der Waals surface area (Å²) in [5.74, 6) is -1.76. The van der Waals surface area contributed by atoms with Crippen LogP contribution in [0.25, 0.3) is 0 Å². The Morgan fingerprint density at radius 3 is 2.32 bits per heavy atom. The number of benzene rings is 2. The van der Waals surface area contributed by atoms with E-state index in [-0.39, 0.29) is 12.2 Å². The highest BCUT2D eigenvalue weighted by Crippen LogP contribution is 2.10. The fraction of sp³-hybridized carbons (Fsp3) is 0.0625. The predicted octanol–water partition coefficient (Wildman–Crippen LogP) is 2.01. The maximum atomic E-state index is 11.6. The number of carbonyl (C=O) groups is 2. The first-order valence-electron chi connectivity index (χ1n) is 7.06. The van der Waals surface area contributed by atoms with Crippen molar-refractivity contribution in [1.29, 1.82) is 0 Å². The van der Waals surface area contributed by atoms with E-state index < -0.39 is 16.7 Å². The molecule has 0 unspecified atom stereocenters. The number of nitro groups is 1. The predicted molar refractivity (Wildman–Crippen MR) is 92.1 cm³/mol. The molecule has 0 fully saturated rings. The number of hydrogen-bond acceptors (Lipinski definition) is 5. The molecule has 2 N–H and O–H groups in total. The van der Waals surface area contributed by atoms with Gasteiger partial charge in [-0.15, -0.1) is 0 Å². The van der Waals surface area contributed by atoms with Crippen LogP contribution < -0.4 is 10.7 Å². The third-order valence-corrected chi connectivity index (χ3v) is 3.31. The standard InChI is InChI=1S/C16H13ClN4O4/c17-13-5-1-11(2-6-13)9-18-15(22)16(23)20-19-10-12-3-7-14(8-4-12)21(24)25/h1-8,10H,9H2,(H,18,22)(H,20,23). The quantitative estimate of drug-likeness (QED) is 0.367. The third-order valence-electron chi connectivity index (χ3n) is 3.06. The van der Waals surface area contributed by atoms with E-state index >= 15 is 0 Å². The Hall–Kier alpha value is -3.26. The minimum Gasteiger partial charge on any atom is -0.344 e. The lowest BCUT2D eigenvalue weighted by molar-refractivity contribution is -0.384. The van der Waals surface area contributed by atoms with E-state index in [0.717, 1.165) is 5.56 Å². The van der Waals surface area contributed by atoms with Gasteiger partial charge in [0.2, 0.25) is 0 Å². The molecule has 0 bridgehead atoms. The Kier molecular flexibility index (Phi) is 6.19. The van der Waals surface area contributed by atoms with Crippen molar-refractivity contribution in [3.63, 3.8) is 0 Å². The highest BCUT2D eigenvalue weighted by Gasteiger charge is 2.11. The molecule has 2 rings (SSSR count). The van der Waals surface area contributed by atoms with Crippen LogP contribution in [0.15, 0.2) is 53.6 Å². The van der Waals surface area contributed by atoms with E-state index in [1.165, 1.54) is 30.5 Å². The summed E-state index contributed by atoms with van der Waals surface area (Å²) >= 11 is 5.76. The highest BCUT2D eigenvalue weighted by molar-refractivity contribution is 6.35. The van der Waals surface area contributed by atoms with Crippen LogP contribution >= 0.6 is 11.6 Å². The third kappa shape index (κ3) is 5.70. The van der Waals surface area contributed by atoms with Crippen LogP contribution in [-0.2, 0) is 16.1 Å². The molecule has 0 spiro atoms. The van der Waals surface area contributed by atoms with Gasteiger partial charge in [-0.05, 0) is 35.4 Å². The van der Waals surface area contributed by atoms with Crippen molar-refractivity contribution in [2.45, 2.75) is 6.54 Å². The Morgan fingerprint density at radius 1 is 1.08 bits per heavy atom. The molecule has 0 aliphatic carbocycles. The lowest BCUT2D eigenvalue weighted by atomic mass is 10.2. The summed E-state index contributed by atoms with van der Waals surface area (Å²) in [5, 5.41) is 17.2. The van der Waals surface area contributed by atoms with Crippen LogP contribution in [0.5, 0.6) is 0 Å². The number of nitrogens with zero attached hydrogens (tertiary/aromatic N) is 2. The molecule has 25 heavy (non-hydrogen) atoms. The van der Waals surface area contributed by atoms with E-state index in [1.54, 1.807) is 24.3 Å². The van der Waals surface area contributed by atoms with Gasteiger partial charge < -0.3 is 5.32 Å². The molecule has 0 aliphatic rings. The first kappa shape index (κ1) is 18.1.